The summed E-state index contributed by atoms with van der Waals surface area (Å²) in [7, 11) is -5.01. The van der Waals surface area contributed by atoms with Crippen LogP contribution in [-0.2, 0) is 20.1 Å². The first-order chi connectivity index (χ1) is 23.1. The summed E-state index contributed by atoms with van der Waals surface area (Å²) < 4.78 is 72.2. The van der Waals surface area contributed by atoms with E-state index in [-0.39, 0.29) is 35.3 Å². The maximum absolute atomic E-state index is 14.4. The zero-order valence-corrected chi connectivity index (χ0v) is 27.5. The molecule has 1 aliphatic heterocycles. The van der Waals surface area contributed by atoms with Gasteiger partial charge in [0.15, 0.2) is 6.19 Å². The smallest absolute Gasteiger partial charge is 0.344 e. The first-order valence-corrected chi connectivity index (χ1v) is 16.3. The Morgan fingerprint density at radius 3 is 2.36 bits per heavy atom. The lowest BCUT2D eigenvalue weighted by molar-refractivity contribution is -0.137. The van der Waals surface area contributed by atoms with Gasteiger partial charge in [-0.05, 0) is 61.9 Å². The van der Waals surface area contributed by atoms with Crippen molar-refractivity contribution >= 4 is 25.5 Å². The summed E-state index contributed by atoms with van der Waals surface area (Å²) >= 11 is 0. The highest BCUT2D eigenvalue weighted by atomic mass is 31.2. The summed E-state index contributed by atoms with van der Waals surface area (Å²) in [5.74, 6) is -3.16. The lowest BCUT2D eigenvalue weighted by atomic mass is 9.80. The first-order valence-electron chi connectivity index (χ1n) is 14.7. The van der Waals surface area contributed by atoms with E-state index in [1.807, 2.05) is 6.19 Å². The van der Waals surface area contributed by atoms with Gasteiger partial charge in [0.05, 0.1) is 23.0 Å². The largest absolute Gasteiger partial charge is 0.471 e. The maximum atomic E-state index is 14.4. The highest BCUT2D eigenvalue weighted by Crippen LogP contribution is 2.46. The van der Waals surface area contributed by atoms with E-state index in [1.165, 1.54) is 34.7 Å². The van der Waals surface area contributed by atoms with Gasteiger partial charge in [0.2, 0.25) is 0 Å². The fourth-order valence-corrected chi connectivity index (χ4v) is 5.96. The molecule has 0 spiro atoms. The molecule has 3 atom stereocenters. The standard InChI is InChI=1S/C32H29F4N6O6P.H3N/c1-3-41-30-26(27(39-42(30)24-10-5-4-6-11-24)19(2)40(17-37)18-48-49(45,46)47)25(20-12-14-23(33)15-13-20)28(31(41)44)38-29(43)21-8-7-9-22(16-21)32(34,35)36;/h4-16,19,25,28H,3,18H2,1-2H3,(H,38,43)(H2,45,46,47);1H3/t19-,25+,28+;/m1./s1. The SMILES string of the molecule is CCN1C(=O)[C@@H](NC(=O)c2cccc(C(F)(F)F)c2)[C@@H](c2ccc(F)cc2)c2c([C@@H](C)N(C#N)COP(=O)(O)O)nn(-c3ccccc3)c21.N. The molecule has 1 aliphatic rings. The number of rotatable bonds is 10. The number of fused-ring (bicyclic) bond motifs is 1. The second-order valence-electron chi connectivity index (χ2n) is 11.0. The minimum absolute atomic E-state index is 0. The van der Waals surface area contributed by atoms with E-state index >= 15 is 0 Å². The number of para-hydroxylation sites is 1. The molecule has 0 bridgehead atoms. The Bertz CT molecular complexity index is 1950. The number of hydrogen-bond donors (Lipinski definition) is 4. The van der Waals surface area contributed by atoms with Crippen molar-refractivity contribution in [1.29, 1.82) is 5.26 Å². The predicted octanol–water partition coefficient (Wildman–Crippen LogP) is 5.40. The molecule has 5 rings (SSSR count). The topological polar surface area (TPSA) is 196 Å². The van der Waals surface area contributed by atoms with Gasteiger partial charge in [-0.1, -0.05) is 36.4 Å². The molecule has 0 saturated carbocycles. The summed E-state index contributed by atoms with van der Waals surface area (Å²) in [5, 5.41) is 17.4. The van der Waals surface area contributed by atoms with Crippen LogP contribution in [0.1, 0.15) is 58.5 Å². The van der Waals surface area contributed by atoms with Crippen LogP contribution < -0.4 is 16.4 Å². The molecule has 0 unspecified atom stereocenters. The molecule has 0 radical (unpaired) electrons. The molecule has 3 aromatic carbocycles. The van der Waals surface area contributed by atoms with Crippen molar-refractivity contribution in [2.24, 2.45) is 0 Å². The van der Waals surface area contributed by atoms with E-state index in [1.54, 1.807) is 37.3 Å². The Morgan fingerprint density at radius 2 is 1.78 bits per heavy atom. The molecular formula is C32H32F4N7O6P. The lowest BCUT2D eigenvalue weighted by Crippen LogP contribution is -2.55. The van der Waals surface area contributed by atoms with Crippen molar-refractivity contribution in [3.05, 3.63) is 113 Å². The summed E-state index contributed by atoms with van der Waals surface area (Å²) in [4.78, 5) is 48.8. The molecule has 50 heavy (non-hydrogen) atoms. The molecule has 4 aromatic rings. The number of nitrogens with one attached hydrogen (secondary N) is 1. The molecular weight excluding hydrogens is 685 g/mol. The van der Waals surface area contributed by atoms with Crippen LogP contribution in [0.25, 0.3) is 5.69 Å². The van der Waals surface area contributed by atoms with Crippen LogP contribution in [0, 0.1) is 17.3 Å². The minimum Gasteiger partial charge on any atom is -0.344 e. The van der Waals surface area contributed by atoms with Gasteiger partial charge >= 0.3 is 14.0 Å². The number of nitriles is 1. The summed E-state index contributed by atoms with van der Waals surface area (Å²) in [6.45, 7) is 2.36. The highest BCUT2D eigenvalue weighted by molar-refractivity contribution is 7.46. The van der Waals surface area contributed by atoms with E-state index in [9.17, 15) is 46.8 Å². The number of amides is 2. The van der Waals surface area contributed by atoms with Gasteiger partial charge in [-0.25, -0.2) is 13.6 Å². The fourth-order valence-electron chi connectivity index (χ4n) is 5.69. The summed E-state index contributed by atoms with van der Waals surface area (Å²) in [6, 6.07) is 14.8. The van der Waals surface area contributed by atoms with Crippen molar-refractivity contribution in [1.82, 2.24) is 26.1 Å². The number of aromatic nitrogens is 2. The second kappa shape index (κ2) is 14.8. The molecule has 0 fully saturated rings. The van der Waals surface area contributed by atoms with E-state index < -0.39 is 61.9 Å². The first kappa shape index (κ1) is 37.7. The molecule has 0 saturated heterocycles. The van der Waals surface area contributed by atoms with Crippen LogP contribution in [0.15, 0.2) is 78.9 Å². The number of benzene rings is 3. The Labute approximate surface area is 283 Å². The number of anilines is 1. The Hall–Kier alpha value is -5.11. The van der Waals surface area contributed by atoms with Crippen LogP contribution in [0.2, 0.25) is 0 Å². The van der Waals surface area contributed by atoms with Crippen LogP contribution in [0.5, 0.6) is 0 Å². The molecule has 2 amide bonds. The van der Waals surface area contributed by atoms with Gasteiger partial charge in [-0.15, -0.1) is 0 Å². The van der Waals surface area contributed by atoms with Crippen molar-refractivity contribution in [3.63, 3.8) is 0 Å². The number of carbonyl (C=O) groups excluding carboxylic acids is 2. The zero-order valence-electron chi connectivity index (χ0n) is 26.6. The van der Waals surface area contributed by atoms with Gasteiger partial charge in [-0.2, -0.15) is 23.5 Å². The van der Waals surface area contributed by atoms with E-state index in [0.717, 1.165) is 29.2 Å². The Morgan fingerprint density at radius 1 is 1.12 bits per heavy atom. The quantitative estimate of drug-likeness (QED) is 0.0542. The number of carbonyl (C=O) groups is 2. The predicted molar refractivity (Wildman–Crippen MR) is 171 cm³/mol. The minimum atomic E-state index is -5.01. The maximum Gasteiger partial charge on any atom is 0.471 e. The molecule has 2 heterocycles. The third-order valence-electron chi connectivity index (χ3n) is 8.00. The summed E-state index contributed by atoms with van der Waals surface area (Å²) in [5.41, 5.74) is -0.214. The van der Waals surface area contributed by atoms with E-state index in [4.69, 9.17) is 5.10 Å². The Balaban J connectivity index is 0.00000562. The highest BCUT2D eigenvalue weighted by Gasteiger charge is 2.47. The number of likely N-dealkylation sites (N-methyl/N-ethyl adjacent to an activating group) is 1. The van der Waals surface area contributed by atoms with Crippen molar-refractivity contribution in [2.45, 2.75) is 38.0 Å². The fraction of sp³-hybridized carbons (Fsp3) is 0.250. The number of halogens is 4. The van der Waals surface area contributed by atoms with Gasteiger partial charge in [0.1, 0.15) is 24.4 Å². The average Bonchev–Trinajstić information content (AvgIpc) is 3.45. The van der Waals surface area contributed by atoms with Crippen LogP contribution in [-0.4, -0.2) is 55.6 Å². The van der Waals surface area contributed by atoms with Gasteiger partial charge in [0.25, 0.3) is 11.8 Å². The normalized spacial score (nSPS) is 16.5. The molecule has 13 nitrogen and oxygen atoms in total. The molecule has 1 aromatic heterocycles. The average molecular weight is 718 g/mol. The molecule has 18 heteroatoms. The van der Waals surface area contributed by atoms with Gasteiger partial charge in [0, 0.05) is 23.6 Å². The number of phosphoric ester groups is 1. The third-order valence-corrected chi connectivity index (χ3v) is 8.45. The number of nitrogens with zero attached hydrogens (tertiary/aromatic N) is 5. The van der Waals surface area contributed by atoms with E-state index in [0.29, 0.717) is 17.3 Å². The number of hydrogen-bond acceptors (Lipinski definition) is 8. The molecule has 6 N–H and O–H groups in total. The van der Waals surface area contributed by atoms with Gasteiger partial charge < -0.3 is 21.3 Å². The van der Waals surface area contributed by atoms with Gasteiger partial charge in [-0.3, -0.25) is 23.9 Å². The van der Waals surface area contributed by atoms with Crippen molar-refractivity contribution in [3.8, 4) is 11.9 Å². The van der Waals surface area contributed by atoms with Crippen molar-refractivity contribution < 1.29 is 46.0 Å². The second-order valence-corrected chi connectivity index (χ2v) is 12.2. The lowest BCUT2D eigenvalue weighted by Gasteiger charge is -2.39. The number of phosphoric acid groups is 1. The Kier molecular flexibility index (Phi) is 11.2. The molecule has 264 valence electrons. The van der Waals surface area contributed by atoms with Crippen molar-refractivity contribution in [2.75, 3.05) is 18.2 Å². The molecule has 0 aliphatic carbocycles. The number of alkyl halides is 3. The third kappa shape index (κ3) is 7.70. The van der Waals surface area contributed by atoms with Crippen LogP contribution in [0.4, 0.5) is 23.4 Å². The van der Waals surface area contributed by atoms with Crippen LogP contribution in [0.3, 0.4) is 0 Å². The van der Waals surface area contributed by atoms with Crippen LogP contribution >= 0.6 is 7.82 Å². The van der Waals surface area contributed by atoms with E-state index in [2.05, 4.69) is 9.84 Å². The zero-order chi connectivity index (χ0) is 35.7. The summed E-state index contributed by atoms with van der Waals surface area (Å²) in [6.07, 6.45) is -2.91. The monoisotopic (exact) mass is 717 g/mol.